The van der Waals surface area contributed by atoms with E-state index in [9.17, 15) is 4.79 Å². The predicted molar refractivity (Wildman–Crippen MR) is 85.5 cm³/mol. The molecule has 1 aromatic rings. The van der Waals surface area contributed by atoms with Crippen LogP contribution >= 0.6 is 0 Å². The lowest BCUT2D eigenvalue weighted by Crippen LogP contribution is -2.45. The lowest BCUT2D eigenvalue weighted by Gasteiger charge is -2.32. The normalized spacial score (nSPS) is 16.4. The van der Waals surface area contributed by atoms with Crippen LogP contribution in [0.2, 0.25) is 0 Å². The average Bonchev–Trinajstić information content (AvgIpc) is 3.21. The Kier molecular flexibility index (Phi) is 4.57. The zero-order valence-electron chi connectivity index (χ0n) is 13.4. The van der Waals surface area contributed by atoms with Crippen molar-refractivity contribution in [3.8, 4) is 5.75 Å². The van der Waals surface area contributed by atoms with Gasteiger partial charge in [0.25, 0.3) is 0 Å². The molecular formula is C17H26N2O2. The largest absolute Gasteiger partial charge is 0.497 e. The fourth-order valence-electron chi connectivity index (χ4n) is 2.61. The van der Waals surface area contributed by atoms with Gasteiger partial charge in [-0.2, -0.15) is 0 Å². The number of amides is 1. The van der Waals surface area contributed by atoms with Gasteiger partial charge < -0.3 is 15.4 Å². The fraction of sp³-hybridized carbons (Fsp3) is 0.588. The molecule has 21 heavy (non-hydrogen) atoms. The Hall–Kier alpha value is -1.55. The molecule has 0 unspecified atom stereocenters. The summed E-state index contributed by atoms with van der Waals surface area (Å²) >= 11 is 0. The summed E-state index contributed by atoms with van der Waals surface area (Å²) in [5.74, 6) is 1.49. The second kappa shape index (κ2) is 6.06. The highest BCUT2D eigenvalue weighted by Crippen LogP contribution is 2.37. The van der Waals surface area contributed by atoms with Crippen molar-refractivity contribution >= 4 is 11.6 Å². The summed E-state index contributed by atoms with van der Waals surface area (Å²) in [4.78, 5) is 14.6. The standard InChI is InChI=1S/C17H26N2O2/c1-12(13-5-6-13)19(16(20)11-17(2,3)18)14-7-9-15(21-4)10-8-14/h7-10,12-13H,5-6,11,18H2,1-4H3/t12-/m1/s1. The first-order valence-electron chi connectivity index (χ1n) is 7.57. The molecule has 0 aliphatic heterocycles. The van der Waals surface area contributed by atoms with Gasteiger partial charge in [0, 0.05) is 23.7 Å². The van der Waals surface area contributed by atoms with Gasteiger partial charge in [-0.1, -0.05) is 0 Å². The van der Waals surface area contributed by atoms with Crippen molar-refractivity contribution in [3.63, 3.8) is 0 Å². The molecule has 1 fully saturated rings. The number of carbonyl (C=O) groups excluding carboxylic acids is 1. The number of nitrogens with zero attached hydrogens (tertiary/aromatic N) is 1. The molecule has 2 rings (SSSR count). The van der Waals surface area contributed by atoms with Crippen LogP contribution in [0.4, 0.5) is 5.69 Å². The van der Waals surface area contributed by atoms with Gasteiger partial charge >= 0.3 is 0 Å². The van der Waals surface area contributed by atoms with Crippen molar-refractivity contribution in [3.05, 3.63) is 24.3 Å². The van der Waals surface area contributed by atoms with Gasteiger partial charge in [0.2, 0.25) is 5.91 Å². The molecule has 1 aliphatic carbocycles. The molecule has 0 bridgehead atoms. The molecule has 0 radical (unpaired) electrons. The Morgan fingerprint density at radius 2 is 1.95 bits per heavy atom. The minimum absolute atomic E-state index is 0.0899. The van der Waals surface area contributed by atoms with Crippen LogP contribution in [0.25, 0.3) is 0 Å². The molecule has 0 saturated heterocycles. The Bertz CT molecular complexity index is 487. The van der Waals surface area contributed by atoms with Gasteiger partial charge in [-0.3, -0.25) is 4.79 Å². The Morgan fingerprint density at radius 3 is 2.38 bits per heavy atom. The van der Waals surface area contributed by atoms with Crippen LogP contribution in [-0.2, 0) is 4.79 Å². The zero-order valence-corrected chi connectivity index (χ0v) is 13.4. The summed E-state index contributed by atoms with van der Waals surface area (Å²) in [6.07, 6.45) is 2.75. The SMILES string of the molecule is COc1ccc(N(C(=O)CC(C)(C)N)[C@H](C)C2CC2)cc1. The van der Waals surface area contributed by atoms with Crippen molar-refractivity contribution in [2.75, 3.05) is 12.0 Å². The van der Waals surface area contributed by atoms with E-state index in [2.05, 4.69) is 6.92 Å². The first-order valence-corrected chi connectivity index (χ1v) is 7.57. The van der Waals surface area contributed by atoms with E-state index in [4.69, 9.17) is 10.5 Å². The summed E-state index contributed by atoms with van der Waals surface area (Å²) < 4.78 is 5.19. The highest BCUT2D eigenvalue weighted by Gasteiger charge is 2.36. The van der Waals surface area contributed by atoms with Gasteiger partial charge in [0.15, 0.2) is 0 Å². The smallest absolute Gasteiger partial charge is 0.229 e. The van der Waals surface area contributed by atoms with Gasteiger partial charge in [-0.25, -0.2) is 0 Å². The van der Waals surface area contributed by atoms with E-state index in [0.717, 1.165) is 11.4 Å². The van der Waals surface area contributed by atoms with Crippen LogP contribution in [0.3, 0.4) is 0 Å². The number of hydrogen-bond donors (Lipinski definition) is 1. The average molecular weight is 290 g/mol. The second-order valence-electron chi connectivity index (χ2n) is 6.71. The topological polar surface area (TPSA) is 55.6 Å². The molecule has 116 valence electrons. The predicted octanol–water partition coefficient (Wildman–Crippen LogP) is 2.95. The first kappa shape index (κ1) is 15.8. The van der Waals surface area contributed by atoms with Gasteiger partial charge in [-0.15, -0.1) is 0 Å². The van der Waals surface area contributed by atoms with Gasteiger partial charge in [-0.05, 0) is 63.8 Å². The maximum Gasteiger partial charge on any atom is 0.229 e. The molecule has 1 aliphatic rings. The van der Waals surface area contributed by atoms with E-state index in [1.807, 2.05) is 43.0 Å². The molecule has 0 spiro atoms. The number of benzene rings is 1. The third-order valence-electron chi connectivity index (χ3n) is 3.94. The van der Waals surface area contributed by atoms with Crippen LogP contribution in [-0.4, -0.2) is 24.6 Å². The number of hydrogen-bond acceptors (Lipinski definition) is 3. The minimum Gasteiger partial charge on any atom is -0.497 e. The molecule has 4 nitrogen and oxygen atoms in total. The van der Waals surface area contributed by atoms with E-state index in [1.54, 1.807) is 7.11 Å². The zero-order chi connectivity index (χ0) is 15.6. The van der Waals surface area contributed by atoms with E-state index >= 15 is 0 Å². The highest BCUT2D eigenvalue weighted by atomic mass is 16.5. The van der Waals surface area contributed by atoms with Crippen LogP contribution in [0, 0.1) is 5.92 Å². The minimum atomic E-state index is -0.495. The maximum atomic E-state index is 12.7. The summed E-state index contributed by atoms with van der Waals surface area (Å²) in [6, 6.07) is 7.89. The molecule has 1 saturated carbocycles. The monoisotopic (exact) mass is 290 g/mol. The number of methoxy groups -OCH3 is 1. The molecule has 2 N–H and O–H groups in total. The van der Waals surface area contributed by atoms with E-state index in [-0.39, 0.29) is 11.9 Å². The molecule has 1 amide bonds. The first-order chi connectivity index (χ1) is 9.81. The summed E-state index contributed by atoms with van der Waals surface area (Å²) in [7, 11) is 1.64. The van der Waals surface area contributed by atoms with Crippen molar-refractivity contribution in [1.29, 1.82) is 0 Å². The van der Waals surface area contributed by atoms with E-state index in [1.165, 1.54) is 12.8 Å². The van der Waals surface area contributed by atoms with E-state index in [0.29, 0.717) is 12.3 Å². The Labute approximate surface area is 127 Å². The van der Waals surface area contributed by atoms with E-state index < -0.39 is 5.54 Å². The lowest BCUT2D eigenvalue weighted by molar-refractivity contribution is -0.120. The summed E-state index contributed by atoms with van der Waals surface area (Å²) in [5, 5.41) is 0. The summed E-state index contributed by atoms with van der Waals surface area (Å²) in [5.41, 5.74) is 6.45. The van der Waals surface area contributed by atoms with Crippen LogP contribution in [0.1, 0.15) is 40.0 Å². The highest BCUT2D eigenvalue weighted by molar-refractivity contribution is 5.94. The molecule has 0 aromatic heterocycles. The molecule has 1 aromatic carbocycles. The second-order valence-corrected chi connectivity index (χ2v) is 6.71. The fourth-order valence-corrected chi connectivity index (χ4v) is 2.61. The summed E-state index contributed by atoms with van der Waals surface area (Å²) in [6.45, 7) is 5.90. The molecule has 0 heterocycles. The van der Waals surface area contributed by atoms with Crippen molar-refractivity contribution in [2.45, 2.75) is 51.6 Å². The molecule has 4 heteroatoms. The lowest BCUT2D eigenvalue weighted by atomic mass is 10.00. The van der Waals surface area contributed by atoms with Gasteiger partial charge in [0.1, 0.15) is 5.75 Å². The molecule has 1 atom stereocenters. The molecular weight excluding hydrogens is 264 g/mol. The number of anilines is 1. The van der Waals surface area contributed by atoms with Crippen LogP contribution in [0.5, 0.6) is 5.75 Å². The van der Waals surface area contributed by atoms with Crippen LogP contribution in [0.15, 0.2) is 24.3 Å². The van der Waals surface area contributed by atoms with Gasteiger partial charge in [0.05, 0.1) is 7.11 Å². The van der Waals surface area contributed by atoms with Crippen LogP contribution < -0.4 is 15.4 Å². The Morgan fingerprint density at radius 1 is 1.38 bits per heavy atom. The third-order valence-corrected chi connectivity index (χ3v) is 3.94. The van der Waals surface area contributed by atoms with Crippen molar-refractivity contribution in [2.24, 2.45) is 11.7 Å². The third kappa shape index (κ3) is 4.21. The number of rotatable bonds is 6. The number of carbonyl (C=O) groups is 1. The maximum absolute atomic E-state index is 12.7. The quantitative estimate of drug-likeness (QED) is 0.876. The Balaban J connectivity index is 2.24. The number of nitrogens with two attached hydrogens (primary N) is 1. The van der Waals surface area contributed by atoms with Crippen molar-refractivity contribution in [1.82, 2.24) is 0 Å². The number of ether oxygens (including phenoxy) is 1. The van der Waals surface area contributed by atoms with Crippen molar-refractivity contribution < 1.29 is 9.53 Å².